The Morgan fingerprint density at radius 1 is 1.26 bits per heavy atom. The van der Waals surface area contributed by atoms with E-state index in [4.69, 9.17) is 0 Å². The predicted octanol–water partition coefficient (Wildman–Crippen LogP) is 3.23. The van der Waals surface area contributed by atoms with Crippen LogP contribution in [-0.4, -0.2) is 33.6 Å². The number of rotatable bonds is 4. The molecule has 2 fully saturated rings. The van der Waals surface area contributed by atoms with Crippen molar-refractivity contribution in [3.63, 3.8) is 0 Å². The highest BCUT2D eigenvalue weighted by Gasteiger charge is 2.35. The maximum absolute atomic E-state index is 12.2. The summed E-state index contributed by atoms with van der Waals surface area (Å²) >= 11 is 0. The minimum Gasteiger partial charge on any atom is -0.332 e. The van der Waals surface area contributed by atoms with Gasteiger partial charge in [0.05, 0.1) is 5.92 Å². The summed E-state index contributed by atoms with van der Waals surface area (Å²) in [6.07, 6.45) is 4.64. The first-order valence-electron chi connectivity index (χ1n) is 8.33. The fourth-order valence-corrected chi connectivity index (χ4v) is 3.13. The molecule has 1 aromatic carbocycles. The van der Waals surface area contributed by atoms with Gasteiger partial charge in [0, 0.05) is 37.2 Å². The van der Waals surface area contributed by atoms with E-state index in [0.29, 0.717) is 5.92 Å². The van der Waals surface area contributed by atoms with E-state index in [2.05, 4.69) is 21.8 Å². The van der Waals surface area contributed by atoms with Crippen LogP contribution in [0.3, 0.4) is 0 Å². The number of para-hydroxylation sites is 1. The third kappa shape index (κ3) is 2.96. The predicted molar refractivity (Wildman–Crippen MR) is 89.5 cm³/mol. The Morgan fingerprint density at radius 2 is 2.00 bits per heavy atom. The molecule has 2 aliphatic rings. The average Bonchev–Trinajstić information content (AvgIpc) is 3.25. The van der Waals surface area contributed by atoms with Crippen LogP contribution in [0.4, 0.5) is 10.5 Å². The van der Waals surface area contributed by atoms with Crippen molar-refractivity contribution in [3.8, 4) is 0 Å². The van der Waals surface area contributed by atoms with Crippen LogP contribution in [0.1, 0.15) is 30.3 Å². The van der Waals surface area contributed by atoms with Crippen LogP contribution in [0.2, 0.25) is 0 Å². The van der Waals surface area contributed by atoms with Crippen LogP contribution < -0.4 is 5.32 Å². The summed E-state index contributed by atoms with van der Waals surface area (Å²) in [5, 5.41) is 2.94. The molecular formula is C18H22N4O. The van der Waals surface area contributed by atoms with E-state index >= 15 is 0 Å². The van der Waals surface area contributed by atoms with E-state index in [1.807, 2.05) is 41.4 Å². The zero-order chi connectivity index (χ0) is 15.8. The fourth-order valence-electron chi connectivity index (χ4n) is 3.13. The van der Waals surface area contributed by atoms with E-state index < -0.39 is 0 Å². The van der Waals surface area contributed by atoms with Crippen LogP contribution in [0.15, 0.2) is 36.5 Å². The average molecular weight is 310 g/mol. The maximum atomic E-state index is 12.2. The van der Waals surface area contributed by atoms with Crippen LogP contribution in [0, 0.1) is 12.8 Å². The van der Waals surface area contributed by atoms with Crippen LogP contribution in [0.5, 0.6) is 0 Å². The van der Waals surface area contributed by atoms with Gasteiger partial charge in [0.1, 0.15) is 5.82 Å². The van der Waals surface area contributed by atoms with E-state index in [9.17, 15) is 4.79 Å². The number of aromatic nitrogens is 2. The third-order valence-electron chi connectivity index (χ3n) is 4.78. The SMILES string of the molecule is Cc1cnc(C2CN(C(=O)Nc3ccccc3)C2)n1CC1CC1. The van der Waals surface area contributed by atoms with Gasteiger partial charge in [-0.2, -0.15) is 0 Å². The molecule has 0 spiro atoms. The molecule has 1 aromatic heterocycles. The molecule has 4 rings (SSSR count). The third-order valence-corrected chi connectivity index (χ3v) is 4.78. The summed E-state index contributed by atoms with van der Waals surface area (Å²) in [4.78, 5) is 18.7. The number of imidazole rings is 1. The molecular weight excluding hydrogens is 288 g/mol. The minimum atomic E-state index is -0.0236. The standard InChI is InChI=1S/C18H22N4O/c1-13-9-19-17(22(13)10-14-7-8-14)15-11-21(12-15)18(23)20-16-5-3-2-4-6-16/h2-6,9,14-15H,7-8,10-12H2,1H3,(H,20,23). The molecule has 1 saturated carbocycles. The second-order valence-electron chi connectivity index (χ2n) is 6.71. The Hall–Kier alpha value is -2.30. The molecule has 120 valence electrons. The number of likely N-dealkylation sites (tertiary alicyclic amines) is 1. The van der Waals surface area contributed by atoms with Gasteiger partial charge in [-0.3, -0.25) is 0 Å². The molecule has 0 atom stereocenters. The summed E-state index contributed by atoms with van der Waals surface area (Å²) in [5.74, 6) is 2.35. The first-order chi connectivity index (χ1) is 11.2. The van der Waals surface area contributed by atoms with Crippen molar-refractivity contribution in [3.05, 3.63) is 48.0 Å². The van der Waals surface area contributed by atoms with Gasteiger partial charge in [0.2, 0.25) is 0 Å². The van der Waals surface area contributed by atoms with Crippen molar-refractivity contribution in [2.45, 2.75) is 32.2 Å². The smallest absolute Gasteiger partial charge is 0.321 e. The van der Waals surface area contributed by atoms with E-state index in [1.54, 1.807) is 0 Å². The summed E-state index contributed by atoms with van der Waals surface area (Å²) in [6, 6.07) is 9.57. The molecule has 5 heteroatoms. The number of benzene rings is 1. The fraction of sp³-hybridized carbons (Fsp3) is 0.444. The number of hydrogen-bond acceptors (Lipinski definition) is 2. The second-order valence-corrected chi connectivity index (χ2v) is 6.71. The molecule has 1 N–H and O–H groups in total. The van der Waals surface area contributed by atoms with Crippen molar-refractivity contribution < 1.29 is 4.79 Å². The Kier molecular flexibility index (Phi) is 3.56. The first-order valence-corrected chi connectivity index (χ1v) is 8.33. The largest absolute Gasteiger partial charge is 0.332 e. The van der Waals surface area contributed by atoms with Crippen molar-refractivity contribution in [2.75, 3.05) is 18.4 Å². The van der Waals surface area contributed by atoms with Crippen LogP contribution >= 0.6 is 0 Å². The van der Waals surface area contributed by atoms with Gasteiger partial charge in [-0.05, 0) is 37.8 Å². The van der Waals surface area contributed by atoms with E-state index in [-0.39, 0.29) is 6.03 Å². The topological polar surface area (TPSA) is 50.2 Å². The van der Waals surface area contributed by atoms with Crippen molar-refractivity contribution in [1.82, 2.24) is 14.5 Å². The number of nitrogens with one attached hydrogen (secondary N) is 1. The monoisotopic (exact) mass is 310 g/mol. The summed E-state index contributed by atoms with van der Waals surface area (Å²) in [5.41, 5.74) is 2.08. The molecule has 5 nitrogen and oxygen atoms in total. The van der Waals surface area contributed by atoms with Crippen molar-refractivity contribution >= 4 is 11.7 Å². The Labute approximate surface area is 136 Å². The zero-order valence-electron chi connectivity index (χ0n) is 13.4. The molecule has 2 amide bonds. The number of nitrogens with zero attached hydrogens (tertiary/aromatic N) is 3. The lowest BCUT2D eigenvalue weighted by Gasteiger charge is -2.39. The molecule has 1 saturated heterocycles. The van der Waals surface area contributed by atoms with Gasteiger partial charge in [-0.1, -0.05) is 18.2 Å². The molecule has 1 aliphatic carbocycles. The van der Waals surface area contributed by atoms with Gasteiger partial charge >= 0.3 is 6.03 Å². The second kappa shape index (κ2) is 5.72. The van der Waals surface area contributed by atoms with Crippen molar-refractivity contribution in [2.24, 2.45) is 5.92 Å². The number of urea groups is 1. The summed E-state index contributed by atoms with van der Waals surface area (Å²) in [6.45, 7) is 4.71. The number of carbonyl (C=O) groups is 1. The molecule has 0 radical (unpaired) electrons. The Morgan fingerprint density at radius 3 is 2.70 bits per heavy atom. The lowest BCUT2D eigenvalue weighted by Crippen LogP contribution is -2.51. The first kappa shape index (κ1) is 14.3. The highest BCUT2D eigenvalue weighted by atomic mass is 16.2. The normalized spacial score (nSPS) is 17.9. The highest BCUT2D eigenvalue weighted by Crippen LogP contribution is 2.34. The Balaban J connectivity index is 1.37. The Bertz CT molecular complexity index is 699. The molecule has 0 unspecified atom stereocenters. The zero-order valence-corrected chi connectivity index (χ0v) is 13.4. The number of anilines is 1. The lowest BCUT2D eigenvalue weighted by molar-refractivity contribution is 0.159. The molecule has 0 bridgehead atoms. The maximum Gasteiger partial charge on any atom is 0.321 e. The van der Waals surface area contributed by atoms with Crippen LogP contribution in [-0.2, 0) is 6.54 Å². The lowest BCUT2D eigenvalue weighted by atomic mass is 9.99. The van der Waals surface area contributed by atoms with Crippen molar-refractivity contribution in [1.29, 1.82) is 0 Å². The highest BCUT2D eigenvalue weighted by molar-refractivity contribution is 5.89. The molecule has 23 heavy (non-hydrogen) atoms. The number of aryl methyl sites for hydroxylation is 1. The number of amides is 2. The summed E-state index contributed by atoms with van der Waals surface area (Å²) < 4.78 is 2.36. The van der Waals surface area contributed by atoms with Crippen LogP contribution in [0.25, 0.3) is 0 Å². The quantitative estimate of drug-likeness (QED) is 0.942. The molecule has 2 aromatic rings. The van der Waals surface area contributed by atoms with Gasteiger partial charge in [-0.25, -0.2) is 9.78 Å². The summed E-state index contributed by atoms with van der Waals surface area (Å²) in [7, 11) is 0. The van der Waals surface area contributed by atoms with Gasteiger partial charge in [0.25, 0.3) is 0 Å². The number of carbonyl (C=O) groups excluding carboxylic acids is 1. The minimum absolute atomic E-state index is 0.0236. The molecule has 1 aliphatic heterocycles. The number of hydrogen-bond donors (Lipinski definition) is 1. The van der Waals surface area contributed by atoms with Gasteiger partial charge in [-0.15, -0.1) is 0 Å². The van der Waals surface area contributed by atoms with Gasteiger partial charge < -0.3 is 14.8 Å². The van der Waals surface area contributed by atoms with Gasteiger partial charge in [0.15, 0.2) is 0 Å². The van der Waals surface area contributed by atoms with E-state index in [1.165, 1.54) is 18.5 Å². The molecule has 2 heterocycles. The van der Waals surface area contributed by atoms with E-state index in [0.717, 1.165) is 37.1 Å².